The van der Waals surface area contributed by atoms with E-state index in [0.29, 0.717) is 6.04 Å². The third-order valence-corrected chi connectivity index (χ3v) is 5.00. The number of piperazine rings is 1. The van der Waals surface area contributed by atoms with Crippen molar-refractivity contribution in [2.75, 3.05) is 26.2 Å². The SMILES string of the molecule is CC(C)C[C@@H](c1cc(Br)cs1)N1CCNCC1. The number of halogens is 1. The second kappa shape index (κ2) is 6.32. The molecule has 1 fully saturated rings. The van der Waals surface area contributed by atoms with Crippen molar-refractivity contribution in [3.8, 4) is 0 Å². The van der Waals surface area contributed by atoms with E-state index in [9.17, 15) is 0 Å². The van der Waals surface area contributed by atoms with E-state index in [4.69, 9.17) is 0 Å². The molecule has 17 heavy (non-hydrogen) atoms. The maximum absolute atomic E-state index is 3.57. The first-order chi connectivity index (χ1) is 8.16. The molecular weight excluding hydrogens is 296 g/mol. The van der Waals surface area contributed by atoms with Crippen molar-refractivity contribution in [2.24, 2.45) is 5.92 Å². The Balaban J connectivity index is 2.11. The van der Waals surface area contributed by atoms with Crippen molar-refractivity contribution >= 4 is 27.3 Å². The van der Waals surface area contributed by atoms with E-state index in [0.717, 1.165) is 19.0 Å². The molecule has 1 atom stereocenters. The lowest BCUT2D eigenvalue weighted by molar-refractivity contribution is 0.156. The predicted molar refractivity (Wildman–Crippen MR) is 78.7 cm³/mol. The summed E-state index contributed by atoms with van der Waals surface area (Å²) in [5, 5.41) is 5.63. The van der Waals surface area contributed by atoms with Crippen LogP contribution in [0, 0.1) is 5.92 Å². The highest BCUT2D eigenvalue weighted by atomic mass is 79.9. The Bertz CT molecular complexity index is 345. The first-order valence-corrected chi connectivity index (χ1v) is 8.03. The van der Waals surface area contributed by atoms with Crippen LogP contribution >= 0.6 is 27.3 Å². The van der Waals surface area contributed by atoms with Gasteiger partial charge in [-0.25, -0.2) is 0 Å². The number of hydrogen-bond acceptors (Lipinski definition) is 3. The first-order valence-electron chi connectivity index (χ1n) is 6.35. The summed E-state index contributed by atoms with van der Waals surface area (Å²) in [6.07, 6.45) is 1.26. The molecule has 2 heterocycles. The van der Waals surface area contributed by atoms with E-state index >= 15 is 0 Å². The summed E-state index contributed by atoms with van der Waals surface area (Å²) in [5.74, 6) is 0.746. The zero-order valence-electron chi connectivity index (χ0n) is 10.6. The van der Waals surface area contributed by atoms with Gasteiger partial charge in [0.15, 0.2) is 0 Å². The van der Waals surface area contributed by atoms with E-state index in [1.165, 1.54) is 28.9 Å². The van der Waals surface area contributed by atoms with E-state index < -0.39 is 0 Å². The van der Waals surface area contributed by atoms with Crippen LogP contribution in [0.4, 0.5) is 0 Å². The predicted octanol–water partition coefficient (Wildman–Crippen LogP) is 3.50. The molecule has 1 aliphatic heterocycles. The molecule has 2 rings (SSSR count). The summed E-state index contributed by atoms with van der Waals surface area (Å²) in [4.78, 5) is 4.14. The molecule has 1 N–H and O–H groups in total. The third kappa shape index (κ3) is 3.78. The summed E-state index contributed by atoms with van der Waals surface area (Å²) in [7, 11) is 0. The molecule has 0 aliphatic carbocycles. The van der Waals surface area contributed by atoms with Crippen LogP contribution in [0.2, 0.25) is 0 Å². The van der Waals surface area contributed by atoms with Gasteiger partial charge in [0.1, 0.15) is 0 Å². The third-order valence-electron chi connectivity index (χ3n) is 3.20. The number of nitrogens with one attached hydrogen (secondary N) is 1. The smallest absolute Gasteiger partial charge is 0.0445 e. The van der Waals surface area contributed by atoms with Gasteiger partial charge in [-0.15, -0.1) is 11.3 Å². The van der Waals surface area contributed by atoms with Crippen LogP contribution in [-0.4, -0.2) is 31.1 Å². The van der Waals surface area contributed by atoms with Gasteiger partial charge in [0.25, 0.3) is 0 Å². The average molecular weight is 317 g/mol. The maximum atomic E-state index is 3.57. The fourth-order valence-corrected chi connectivity index (χ4v) is 3.98. The Labute approximate surface area is 117 Å². The Kier molecular flexibility index (Phi) is 5.03. The summed E-state index contributed by atoms with van der Waals surface area (Å²) < 4.78 is 1.22. The van der Waals surface area contributed by atoms with Crippen molar-refractivity contribution in [3.05, 3.63) is 20.8 Å². The van der Waals surface area contributed by atoms with E-state index in [2.05, 4.69) is 51.4 Å². The highest BCUT2D eigenvalue weighted by Crippen LogP contribution is 2.33. The molecule has 0 amide bonds. The van der Waals surface area contributed by atoms with Crippen molar-refractivity contribution < 1.29 is 0 Å². The lowest BCUT2D eigenvalue weighted by atomic mass is 10.0. The Morgan fingerprint density at radius 2 is 2.12 bits per heavy atom. The minimum Gasteiger partial charge on any atom is -0.314 e. The Morgan fingerprint density at radius 3 is 2.65 bits per heavy atom. The maximum Gasteiger partial charge on any atom is 0.0445 e. The van der Waals surface area contributed by atoms with Crippen molar-refractivity contribution in [1.29, 1.82) is 0 Å². The molecule has 0 unspecified atom stereocenters. The van der Waals surface area contributed by atoms with Gasteiger partial charge >= 0.3 is 0 Å². The van der Waals surface area contributed by atoms with E-state index in [1.54, 1.807) is 0 Å². The van der Waals surface area contributed by atoms with Crippen LogP contribution in [-0.2, 0) is 0 Å². The van der Waals surface area contributed by atoms with Gasteiger partial charge in [-0.1, -0.05) is 13.8 Å². The average Bonchev–Trinajstić information content (AvgIpc) is 2.73. The molecule has 0 spiro atoms. The molecule has 2 nitrogen and oxygen atoms in total. The summed E-state index contributed by atoms with van der Waals surface area (Å²) in [6, 6.07) is 2.90. The normalized spacial score (nSPS) is 19.8. The molecule has 96 valence electrons. The molecule has 0 radical (unpaired) electrons. The lowest BCUT2D eigenvalue weighted by Gasteiger charge is -2.35. The molecule has 1 aromatic rings. The summed E-state index contributed by atoms with van der Waals surface area (Å²) >= 11 is 5.45. The zero-order valence-corrected chi connectivity index (χ0v) is 13.0. The molecule has 4 heteroatoms. The Morgan fingerprint density at radius 1 is 1.41 bits per heavy atom. The van der Waals surface area contributed by atoms with Gasteiger partial charge in [0.05, 0.1) is 0 Å². The van der Waals surface area contributed by atoms with Gasteiger partial charge in [-0.3, -0.25) is 4.90 Å². The number of rotatable bonds is 4. The van der Waals surface area contributed by atoms with Crippen molar-refractivity contribution in [3.63, 3.8) is 0 Å². The van der Waals surface area contributed by atoms with Crippen molar-refractivity contribution in [1.82, 2.24) is 10.2 Å². The van der Waals surface area contributed by atoms with Gasteiger partial charge in [-0.2, -0.15) is 0 Å². The topological polar surface area (TPSA) is 15.3 Å². The van der Waals surface area contributed by atoms with Crippen LogP contribution in [0.3, 0.4) is 0 Å². The first kappa shape index (κ1) is 13.5. The molecule has 1 saturated heterocycles. The highest BCUT2D eigenvalue weighted by Gasteiger charge is 2.24. The number of hydrogen-bond donors (Lipinski definition) is 1. The minimum absolute atomic E-state index is 0.605. The standard InChI is InChI=1S/C13H21BrN2S/c1-10(2)7-12(13-8-11(14)9-17-13)16-5-3-15-4-6-16/h8-10,12,15H,3-7H2,1-2H3/t12-/m0/s1. The second-order valence-electron chi connectivity index (χ2n) is 5.10. The van der Waals surface area contributed by atoms with Gasteiger partial charge < -0.3 is 5.32 Å². The fraction of sp³-hybridized carbons (Fsp3) is 0.692. The highest BCUT2D eigenvalue weighted by molar-refractivity contribution is 9.10. The molecule has 0 bridgehead atoms. The summed E-state index contributed by atoms with van der Waals surface area (Å²) in [6.45, 7) is 9.23. The van der Waals surface area contributed by atoms with Crippen LogP contribution in [0.15, 0.2) is 15.9 Å². The van der Waals surface area contributed by atoms with E-state index in [-0.39, 0.29) is 0 Å². The number of thiophene rings is 1. The minimum atomic E-state index is 0.605. The van der Waals surface area contributed by atoms with Crippen molar-refractivity contribution in [2.45, 2.75) is 26.3 Å². The number of nitrogens with zero attached hydrogens (tertiary/aromatic N) is 1. The fourth-order valence-electron chi connectivity index (χ4n) is 2.39. The molecule has 0 saturated carbocycles. The molecular formula is C13H21BrN2S. The zero-order chi connectivity index (χ0) is 12.3. The lowest BCUT2D eigenvalue weighted by Crippen LogP contribution is -2.45. The molecule has 1 aliphatic rings. The monoisotopic (exact) mass is 316 g/mol. The van der Waals surface area contributed by atoms with Crippen LogP contribution in [0.1, 0.15) is 31.2 Å². The summed E-state index contributed by atoms with van der Waals surface area (Å²) in [5.41, 5.74) is 0. The molecule has 0 aromatic carbocycles. The van der Waals surface area contributed by atoms with Crippen LogP contribution < -0.4 is 5.32 Å². The Hall–Kier alpha value is 0.1000. The van der Waals surface area contributed by atoms with Gasteiger partial charge in [0.2, 0.25) is 0 Å². The van der Waals surface area contributed by atoms with Crippen LogP contribution in [0.25, 0.3) is 0 Å². The quantitative estimate of drug-likeness (QED) is 0.914. The largest absolute Gasteiger partial charge is 0.314 e. The van der Waals surface area contributed by atoms with E-state index in [1.807, 2.05) is 11.3 Å². The van der Waals surface area contributed by atoms with Gasteiger partial charge in [0, 0.05) is 47.0 Å². The second-order valence-corrected chi connectivity index (χ2v) is 6.96. The molecule has 1 aromatic heterocycles. The van der Waals surface area contributed by atoms with Crippen LogP contribution in [0.5, 0.6) is 0 Å². The van der Waals surface area contributed by atoms with Gasteiger partial charge in [-0.05, 0) is 34.3 Å².